The van der Waals surface area contributed by atoms with E-state index in [0.717, 1.165) is 41.8 Å². The average molecular weight is 429 g/mol. The van der Waals surface area contributed by atoms with Gasteiger partial charge in [0, 0.05) is 31.4 Å². The Balaban J connectivity index is 1.64. The normalized spacial score (nSPS) is 17.0. The van der Waals surface area contributed by atoms with E-state index in [-0.39, 0.29) is 17.9 Å². The van der Waals surface area contributed by atoms with Gasteiger partial charge < -0.3 is 10.2 Å². The zero-order chi connectivity index (χ0) is 22.8. The summed E-state index contributed by atoms with van der Waals surface area (Å²) in [6.45, 7) is 6.20. The number of hydrogen-bond donors (Lipinski definition) is 1. The summed E-state index contributed by atoms with van der Waals surface area (Å²) in [6, 6.07) is 15.1. The van der Waals surface area contributed by atoms with Crippen LogP contribution in [-0.2, 0) is 4.79 Å². The second-order valence-electron chi connectivity index (χ2n) is 9.06. The molecule has 1 unspecified atom stereocenters. The first-order chi connectivity index (χ1) is 15.3. The van der Waals surface area contributed by atoms with Gasteiger partial charge in [0.2, 0.25) is 5.91 Å². The van der Waals surface area contributed by atoms with Crippen LogP contribution in [0.5, 0.6) is 0 Å². The summed E-state index contributed by atoms with van der Waals surface area (Å²) in [5, 5.41) is 4.64. The highest BCUT2D eigenvalue weighted by Crippen LogP contribution is 2.34. The molecule has 0 aliphatic heterocycles. The van der Waals surface area contributed by atoms with Gasteiger partial charge in [-0.05, 0) is 68.9 Å². The molecule has 0 saturated heterocycles. The standard InChI is InChI=1S/C27H32N4O/c1-17-7-6-8-22(15-17)18(2)28-26-24-16-23(13-14-25(24)29-19(3)30-26)20-9-11-21(12-10-20)27(32)31(4)5/h6-9,13-16,18,21H,10-12H2,1-5H3,(H,28,29,30)/t18-,21?/m1/s1. The molecule has 0 spiro atoms. The minimum atomic E-state index is 0.0904. The monoisotopic (exact) mass is 428 g/mol. The highest BCUT2D eigenvalue weighted by molar-refractivity contribution is 5.92. The van der Waals surface area contributed by atoms with Crippen LogP contribution in [-0.4, -0.2) is 34.9 Å². The van der Waals surface area contributed by atoms with Gasteiger partial charge in [0.05, 0.1) is 5.52 Å². The third kappa shape index (κ3) is 4.67. The molecular weight excluding hydrogens is 396 g/mol. The number of fused-ring (bicyclic) bond motifs is 1. The molecule has 1 amide bonds. The third-order valence-corrected chi connectivity index (χ3v) is 6.27. The van der Waals surface area contributed by atoms with Crippen molar-refractivity contribution in [2.45, 2.75) is 46.1 Å². The lowest BCUT2D eigenvalue weighted by atomic mass is 9.85. The molecule has 4 rings (SSSR count). The van der Waals surface area contributed by atoms with Gasteiger partial charge in [-0.3, -0.25) is 4.79 Å². The van der Waals surface area contributed by atoms with E-state index in [1.807, 2.05) is 21.0 Å². The van der Waals surface area contributed by atoms with Crippen LogP contribution in [0.15, 0.2) is 48.5 Å². The van der Waals surface area contributed by atoms with Crippen molar-refractivity contribution in [1.29, 1.82) is 0 Å². The summed E-state index contributed by atoms with van der Waals surface area (Å²) in [5.74, 6) is 1.93. The lowest BCUT2D eigenvalue weighted by molar-refractivity contribution is -0.133. The molecule has 1 aromatic heterocycles. The Bertz CT molecular complexity index is 1180. The van der Waals surface area contributed by atoms with E-state index in [1.165, 1.54) is 22.3 Å². The summed E-state index contributed by atoms with van der Waals surface area (Å²) in [5.41, 5.74) is 5.91. The lowest BCUT2D eigenvalue weighted by Gasteiger charge is -2.24. The number of aryl methyl sites for hydroxylation is 2. The highest BCUT2D eigenvalue weighted by atomic mass is 16.2. The molecule has 0 fully saturated rings. The minimum absolute atomic E-state index is 0.0904. The molecule has 1 aliphatic carbocycles. The summed E-state index contributed by atoms with van der Waals surface area (Å²) in [4.78, 5) is 23.4. The smallest absolute Gasteiger partial charge is 0.225 e. The molecular formula is C27H32N4O. The minimum Gasteiger partial charge on any atom is -0.363 e. The van der Waals surface area contributed by atoms with Crippen molar-refractivity contribution >= 4 is 28.2 Å². The maximum absolute atomic E-state index is 12.3. The summed E-state index contributed by atoms with van der Waals surface area (Å²) >= 11 is 0. The maximum Gasteiger partial charge on any atom is 0.225 e. The molecule has 1 aliphatic rings. The number of carbonyl (C=O) groups is 1. The molecule has 5 nitrogen and oxygen atoms in total. The van der Waals surface area contributed by atoms with Crippen LogP contribution < -0.4 is 5.32 Å². The summed E-state index contributed by atoms with van der Waals surface area (Å²) in [7, 11) is 3.67. The zero-order valence-electron chi connectivity index (χ0n) is 19.6. The Morgan fingerprint density at radius 1 is 1.12 bits per heavy atom. The molecule has 0 bridgehead atoms. The summed E-state index contributed by atoms with van der Waals surface area (Å²) < 4.78 is 0. The Kier molecular flexibility index (Phi) is 6.26. The highest BCUT2D eigenvalue weighted by Gasteiger charge is 2.23. The van der Waals surface area contributed by atoms with Gasteiger partial charge in [-0.2, -0.15) is 0 Å². The van der Waals surface area contributed by atoms with Crippen LogP contribution in [0.2, 0.25) is 0 Å². The fourth-order valence-electron chi connectivity index (χ4n) is 4.47. The van der Waals surface area contributed by atoms with E-state index < -0.39 is 0 Å². The van der Waals surface area contributed by atoms with Crippen molar-refractivity contribution < 1.29 is 4.79 Å². The second-order valence-corrected chi connectivity index (χ2v) is 9.06. The van der Waals surface area contributed by atoms with Crippen LogP contribution >= 0.6 is 0 Å². The molecule has 2 atom stereocenters. The van der Waals surface area contributed by atoms with Gasteiger partial charge in [-0.25, -0.2) is 9.97 Å². The van der Waals surface area contributed by atoms with Gasteiger partial charge >= 0.3 is 0 Å². The third-order valence-electron chi connectivity index (χ3n) is 6.27. The van der Waals surface area contributed by atoms with Crippen LogP contribution in [0.25, 0.3) is 16.5 Å². The topological polar surface area (TPSA) is 58.1 Å². The van der Waals surface area contributed by atoms with E-state index in [1.54, 1.807) is 4.90 Å². The molecule has 2 aromatic carbocycles. The molecule has 3 aromatic rings. The van der Waals surface area contributed by atoms with Crippen LogP contribution in [0.1, 0.15) is 54.7 Å². The lowest BCUT2D eigenvalue weighted by Crippen LogP contribution is -2.30. The number of nitrogens with zero attached hydrogens (tertiary/aromatic N) is 3. The van der Waals surface area contributed by atoms with E-state index >= 15 is 0 Å². The second kappa shape index (κ2) is 9.11. The Labute approximate surface area is 190 Å². The molecule has 1 N–H and O–H groups in total. The van der Waals surface area contributed by atoms with E-state index in [4.69, 9.17) is 4.98 Å². The van der Waals surface area contributed by atoms with Crippen molar-refractivity contribution in [2.24, 2.45) is 5.92 Å². The van der Waals surface area contributed by atoms with Crippen LogP contribution in [0.3, 0.4) is 0 Å². The molecule has 166 valence electrons. The van der Waals surface area contributed by atoms with Crippen LogP contribution in [0.4, 0.5) is 5.82 Å². The number of benzene rings is 2. The van der Waals surface area contributed by atoms with Gasteiger partial charge in [0.1, 0.15) is 11.6 Å². The van der Waals surface area contributed by atoms with E-state index in [9.17, 15) is 4.79 Å². The zero-order valence-corrected chi connectivity index (χ0v) is 19.6. The predicted molar refractivity (Wildman–Crippen MR) is 132 cm³/mol. The van der Waals surface area contributed by atoms with E-state index in [0.29, 0.717) is 0 Å². The first kappa shape index (κ1) is 22.0. The predicted octanol–water partition coefficient (Wildman–Crippen LogP) is 5.69. The van der Waals surface area contributed by atoms with E-state index in [2.05, 4.69) is 72.7 Å². The molecule has 0 radical (unpaired) electrons. The van der Waals surface area contributed by atoms with Crippen molar-refractivity contribution in [3.05, 3.63) is 71.1 Å². The molecule has 0 saturated carbocycles. The average Bonchev–Trinajstić information content (AvgIpc) is 2.78. The fourth-order valence-corrected chi connectivity index (χ4v) is 4.47. The first-order valence-corrected chi connectivity index (χ1v) is 11.3. The maximum atomic E-state index is 12.3. The Morgan fingerprint density at radius 3 is 2.62 bits per heavy atom. The van der Waals surface area contributed by atoms with Crippen molar-refractivity contribution in [3.63, 3.8) is 0 Å². The van der Waals surface area contributed by atoms with Gasteiger partial charge in [-0.1, -0.05) is 42.0 Å². The van der Waals surface area contributed by atoms with Gasteiger partial charge in [0.25, 0.3) is 0 Å². The number of anilines is 1. The number of hydrogen-bond acceptors (Lipinski definition) is 4. The van der Waals surface area contributed by atoms with Crippen molar-refractivity contribution in [1.82, 2.24) is 14.9 Å². The molecule has 32 heavy (non-hydrogen) atoms. The van der Waals surface area contributed by atoms with Crippen molar-refractivity contribution in [2.75, 3.05) is 19.4 Å². The SMILES string of the molecule is Cc1cccc([C@@H](C)Nc2nc(C)nc3ccc(C4=CCC(C(=O)N(C)C)CC4)cc23)c1. The van der Waals surface area contributed by atoms with Gasteiger partial charge in [0.15, 0.2) is 0 Å². The largest absolute Gasteiger partial charge is 0.363 e. The number of nitrogens with one attached hydrogen (secondary N) is 1. The van der Waals surface area contributed by atoms with Gasteiger partial charge in [-0.15, -0.1) is 0 Å². The number of carbonyl (C=O) groups excluding carboxylic acids is 1. The number of amides is 1. The first-order valence-electron chi connectivity index (χ1n) is 11.3. The number of rotatable bonds is 5. The number of aromatic nitrogens is 2. The fraction of sp³-hybridized carbons (Fsp3) is 0.370. The molecule has 5 heteroatoms. The molecule has 1 heterocycles. The Hall–Kier alpha value is -3.21. The quantitative estimate of drug-likeness (QED) is 0.567. The summed E-state index contributed by atoms with van der Waals surface area (Å²) in [6.07, 6.45) is 4.82. The van der Waals surface area contributed by atoms with Crippen LogP contribution in [0, 0.1) is 19.8 Å². The Morgan fingerprint density at radius 2 is 1.94 bits per heavy atom. The number of allylic oxidation sites excluding steroid dienone is 2. The van der Waals surface area contributed by atoms with Crippen molar-refractivity contribution in [3.8, 4) is 0 Å².